The van der Waals surface area contributed by atoms with Gasteiger partial charge in [0, 0.05) is 36.4 Å². The molecule has 0 aliphatic carbocycles. The first kappa shape index (κ1) is 14.8. The van der Waals surface area contributed by atoms with Crippen LogP contribution in [0.15, 0.2) is 66.0 Å². The summed E-state index contributed by atoms with van der Waals surface area (Å²) >= 11 is 0. The lowest BCUT2D eigenvalue weighted by atomic mass is 10.2. The predicted molar refractivity (Wildman–Crippen MR) is 91.0 cm³/mol. The standard InChI is InChI=1S/C18H18N4O/c1-14-5-8-17(21(14)2)13-19-20-18(23)15-6-9-16(10-7-15)22-11-3-4-12-22/h3-13H,1-2H3,(H,20,23)/b19-13-. The van der Waals surface area contributed by atoms with E-state index in [-0.39, 0.29) is 5.91 Å². The van der Waals surface area contributed by atoms with E-state index in [1.54, 1.807) is 18.3 Å². The summed E-state index contributed by atoms with van der Waals surface area (Å²) < 4.78 is 3.99. The number of hydrazone groups is 1. The van der Waals surface area contributed by atoms with E-state index < -0.39 is 0 Å². The van der Waals surface area contributed by atoms with E-state index >= 15 is 0 Å². The monoisotopic (exact) mass is 306 g/mol. The van der Waals surface area contributed by atoms with Crippen LogP contribution in [-0.4, -0.2) is 21.3 Å². The number of aryl methyl sites for hydroxylation is 1. The lowest BCUT2D eigenvalue weighted by Gasteiger charge is -2.04. The van der Waals surface area contributed by atoms with Gasteiger partial charge < -0.3 is 9.13 Å². The number of aromatic nitrogens is 2. The van der Waals surface area contributed by atoms with Crippen molar-refractivity contribution in [2.75, 3.05) is 0 Å². The van der Waals surface area contributed by atoms with Crippen LogP contribution in [-0.2, 0) is 7.05 Å². The first-order valence-corrected chi connectivity index (χ1v) is 7.34. The molecule has 0 aliphatic heterocycles. The van der Waals surface area contributed by atoms with Gasteiger partial charge in [0.05, 0.1) is 11.9 Å². The van der Waals surface area contributed by atoms with Gasteiger partial charge in [-0.3, -0.25) is 4.79 Å². The van der Waals surface area contributed by atoms with Crippen LogP contribution in [0.25, 0.3) is 5.69 Å². The Hall–Kier alpha value is -3.08. The number of rotatable bonds is 4. The summed E-state index contributed by atoms with van der Waals surface area (Å²) in [6, 6.07) is 15.2. The smallest absolute Gasteiger partial charge is 0.271 e. The van der Waals surface area contributed by atoms with Gasteiger partial charge in [0.25, 0.3) is 5.91 Å². The molecule has 0 fully saturated rings. The molecule has 0 bridgehead atoms. The Morgan fingerprint density at radius 1 is 1.09 bits per heavy atom. The van der Waals surface area contributed by atoms with E-state index in [4.69, 9.17) is 0 Å². The molecule has 0 aliphatic rings. The molecule has 116 valence electrons. The Morgan fingerprint density at radius 3 is 2.39 bits per heavy atom. The van der Waals surface area contributed by atoms with Gasteiger partial charge in [-0.1, -0.05) is 0 Å². The molecule has 3 rings (SSSR count). The molecule has 23 heavy (non-hydrogen) atoms. The first-order chi connectivity index (χ1) is 11.1. The maximum Gasteiger partial charge on any atom is 0.271 e. The molecular formula is C18H18N4O. The summed E-state index contributed by atoms with van der Waals surface area (Å²) in [6.07, 6.45) is 5.56. The van der Waals surface area contributed by atoms with Crippen molar-refractivity contribution < 1.29 is 4.79 Å². The van der Waals surface area contributed by atoms with Crippen molar-refractivity contribution in [3.8, 4) is 5.69 Å². The number of carbonyl (C=O) groups excluding carboxylic acids is 1. The average molecular weight is 306 g/mol. The molecule has 5 nitrogen and oxygen atoms in total. The summed E-state index contributed by atoms with van der Waals surface area (Å²) in [4.78, 5) is 12.1. The molecule has 2 aromatic heterocycles. The minimum absolute atomic E-state index is 0.230. The molecule has 2 heterocycles. The van der Waals surface area contributed by atoms with Crippen molar-refractivity contribution in [3.63, 3.8) is 0 Å². The van der Waals surface area contributed by atoms with Crippen LogP contribution in [0.5, 0.6) is 0 Å². The molecule has 3 aromatic rings. The second-order valence-electron chi connectivity index (χ2n) is 5.29. The Morgan fingerprint density at radius 2 is 1.78 bits per heavy atom. The largest absolute Gasteiger partial charge is 0.347 e. The fraction of sp³-hybridized carbons (Fsp3) is 0.111. The Bertz CT molecular complexity index is 827. The van der Waals surface area contributed by atoms with Crippen molar-refractivity contribution in [1.29, 1.82) is 0 Å². The van der Waals surface area contributed by atoms with E-state index in [0.717, 1.165) is 17.1 Å². The highest BCUT2D eigenvalue weighted by Crippen LogP contribution is 2.10. The predicted octanol–water partition coefficient (Wildman–Crippen LogP) is 2.89. The van der Waals surface area contributed by atoms with Gasteiger partial charge in [0.15, 0.2) is 0 Å². The van der Waals surface area contributed by atoms with E-state index in [2.05, 4.69) is 10.5 Å². The fourth-order valence-corrected chi connectivity index (χ4v) is 2.28. The lowest BCUT2D eigenvalue weighted by molar-refractivity contribution is 0.0955. The summed E-state index contributed by atoms with van der Waals surface area (Å²) in [5, 5.41) is 4.01. The second kappa shape index (κ2) is 6.36. The number of hydrogen-bond donors (Lipinski definition) is 1. The van der Waals surface area contributed by atoms with Crippen LogP contribution in [0.1, 0.15) is 21.7 Å². The van der Waals surface area contributed by atoms with Crippen LogP contribution in [0.3, 0.4) is 0 Å². The molecule has 0 saturated carbocycles. The Balaban J connectivity index is 1.65. The van der Waals surface area contributed by atoms with Gasteiger partial charge in [0.2, 0.25) is 0 Å². The van der Waals surface area contributed by atoms with Crippen molar-refractivity contribution in [1.82, 2.24) is 14.6 Å². The summed E-state index contributed by atoms with van der Waals surface area (Å²) in [5.41, 5.74) is 6.20. The molecule has 1 N–H and O–H groups in total. The third-order valence-corrected chi connectivity index (χ3v) is 3.81. The van der Waals surface area contributed by atoms with E-state index in [0.29, 0.717) is 5.56 Å². The van der Waals surface area contributed by atoms with Crippen molar-refractivity contribution in [2.45, 2.75) is 6.92 Å². The van der Waals surface area contributed by atoms with Crippen molar-refractivity contribution in [2.24, 2.45) is 12.1 Å². The molecule has 0 spiro atoms. The highest BCUT2D eigenvalue weighted by Gasteiger charge is 2.04. The number of nitrogens with one attached hydrogen (secondary N) is 1. The summed E-state index contributed by atoms with van der Waals surface area (Å²) in [7, 11) is 1.96. The van der Waals surface area contributed by atoms with Crippen LogP contribution >= 0.6 is 0 Å². The third kappa shape index (κ3) is 3.23. The van der Waals surface area contributed by atoms with Crippen LogP contribution < -0.4 is 5.43 Å². The van der Waals surface area contributed by atoms with Gasteiger partial charge in [-0.05, 0) is 55.5 Å². The number of nitrogens with zero attached hydrogens (tertiary/aromatic N) is 3. The topological polar surface area (TPSA) is 51.3 Å². The Kier molecular flexibility index (Phi) is 4.10. The van der Waals surface area contributed by atoms with Gasteiger partial charge >= 0.3 is 0 Å². The average Bonchev–Trinajstić information content (AvgIpc) is 3.20. The maximum atomic E-state index is 12.1. The van der Waals surface area contributed by atoms with Crippen LogP contribution in [0.4, 0.5) is 0 Å². The minimum atomic E-state index is -0.230. The van der Waals surface area contributed by atoms with Gasteiger partial charge in [0.1, 0.15) is 0 Å². The third-order valence-electron chi connectivity index (χ3n) is 3.81. The number of hydrogen-bond acceptors (Lipinski definition) is 2. The van der Waals surface area contributed by atoms with E-state index in [9.17, 15) is 4.79 Å². The van der Waals surface area contributed by atoms with E-state index in [1.807, 2.05) is 71.9 Å². The normalized spacial score (nSPS) is 11.0. The summed E-state index contributed by atoms with van der Waals surface area (Å²) in [5.74, 6) is -0.230. The molecule has 0 radical (unpaired) electrons. The zero-order valence-corrected chi connectivity index (χ0v) is 13.1. The molecule has 5 heteroatoms. The first-order valence-electron chi connectivity index (χ1n) is 7.34. The highest BCUT2D eigenvalue weighted by molar-refractivity contribution is 5.94. The quantitative estimate of drug-likeness (QED) is 0.585. The van der Waals surface area contributed by atoms with Crippen LogP contribution in [0.2, 0.25) is 0 Å². The second-order valence-corrected chi connectivity index (χ2v) is 5.29. The maximum absolute atomic E-state index is 12.1. The lowest BCUT2D eigenvalue weighted by Crippen LogP contribution is -2.17. The molecule has 0 unspecified atom stereocenters. The summed E-state index contributed by atoms with van der Waals surface area (Å²) in [6.45, 7) is 2.02. The SMILES string of the molecule is Cc1ccc(/C=N\NC(=O)c2ccc(-n3cccc3)cc2)n1C. The highest BCUT2D eigenvalue weighted by atomic mass is 16.2. The minimum Gasteiger partial charge on any atom is -0.347 e. The molecule has 1 amide bonds. The van der Waals surface area contributed by atoms with Crippen molar-refractivity contribution in [3.05, 3.63) is 77.9 Å². The molecule has 1 aromatic carbocycles. The van der Waals surface area contributed by atoms with Crippen LogP contribution in [0, 0.1) is 6.92 Å². The van der Waals surface area contributed by atoms with Crippen molar-refractivity contribution >= 4 is 12.1 Å². The van der Waals surface area contributed by atoms with Gasteiger partial charge in [-0.2, -0.15) is 5.10 Å². The number of carbonyl (C=O) groups is 1. The zero-order chi connectivity index (χ0) is 16.2. The number of amides is 1. The Labute approximate surface area is 134 Å². The molecule has 0 saturated heterocycles. The molecule has 0 atom stereocenters. The number of benzene rings is 1. The fourth-order valence-electron chi connectivity index (χ4n) is 2.28. The van der Waals surface area contributed by atoms with Gasteiger partial charge in [-0.15, -0.1) is 0 Å². The molecular weight excluding hydrogens is 288 g/mol. The zero-order valence-electron chi connectivity index (χ0n) is 13.1. The van der Waals surface area contributed by atoms with E-state index in [1.165, 1.54) is 0 Å². The van der Waals surface area contributed by atoms with Gasteiger partial charge in [-0.25, -0.2) is 5.43 Å².